The van der Waals surface area contributed by atoms with Crippen molar-refractivity contribution in [1.29, 1.82) is 0 Å². The van der Waals surface area contributed by atoms with Gasteiger partial charge in [-0.15, -0.1) is 0 Å². The second-order valence-corrected chi connectivity index (χ2v) is 5.67. The van der Waals surface area contributed by atoms with E-state index in [1.165, 1.54) is 0 Å². The first-order valence-electron chi connectivity index (χ1n) is 7.66. The molecule has 1 aromatic heterocycles. The Morgan fingerprint density at radius 1 is 1.39 bits per heavy atom. The minimum Gasteiger partial charge on any atom is -0.368 e. The van der Waals surface area contributed by atoms with Gasteiger partial charge in [0.2, 0.25) is 5.91 Å². The summed E-state index contributed by atoms with van der Waals surface area (Å²) >= 11 is 0. The summed E-state index contributed by atoms with van der Waals surface area (Å²) in [7, 11) is 0. The molecular weight excluding hydrogens is 292 g/mol. The molecule has 0 unspecified atom stereocenters. The van der Waals surface area contributed by atoms with Crippen molar-refractivity contribution in [3.8, 4) is 0 Å². The summed E-state index contributed by atoms with van der Waals surface area (Å²) < 4.78 is 1.92. The third-order valence-electron chi connectivity index (χ3n) is 3.92. The first-order valence-corrected chi connectivity index (χ1v) is 7.66. The molecule has 0 bridgehead atoms. The number of amides is 2. The maximum Gasteiger partial charge on any atom is 0.251 e. The van der Waals surface area contributed by atoms with E-state index in [2.05, 4.69) is 10.3 Å². The van der Waals surface area contributed by atoms with Gasteiger partial charge >= 0.3 is 0 Å². The van der Waals surface area contributed by atoms with Crippen LogP contribution in [0.15, 0.2) is 43.0 Å². The van der Waals surface area contributed by atoms with Gasteiger partial charge in [0.05, 0.1) is 6.33 Å². The average Bonchev–Trinajstić information content (AvgIpc) is 3.04. The predicted molar refractivity (Wildman–Crippen MR) is 87.7 cm³/mol. The number of primary amides is 1. The normalized spacial score (nSPS) is 13.3. The van der Waals surface area contributed by atoms with Crippen molar-refractivity contribution >= 4 is 11.8 Å². The van der Waals surface area contributed by atoms with Crippen molar-refractivity contribution < 1.29 is 9.59 Å². The monoisotopic (exact) mass is 314 g/mol. The van der Waals surface area contributed by atoms with Crippen LogP contribution in [-0.4, -0.2) is 27.4 Å². The molecule has 1 heterocycles. The lowest BCUT2D eigenvalue weighted by atomic mass is 9.98. The fourth-order valence-corrected chi connectivity index (χ4v) is 2.36. The highest BCUT2D eigenvalue weighted by Gasteiger charge is 2.24. The molecule has 1 aromatic carbocycles. The zero-order valence-electron chi connectivity index (χ0n) is 13.4. The molecular formula is C17H22N4O2. The van der Waals surface area contributed by atoms with Crippen molar-refractivity contribution in [2.24, 2.45) is 11.7 Å². The SMILES string of the molecule is CC[C@H](C)[C@H](NC(=O)c1cccc(Cn2ccnc2)c1)C(N)=O. The number of rotatable bonds is 7. The van der Waals surface area contributed by atoms with Crippen LogP contribution in [0.3, 0.4) is 0 Å². The van der Waals surface area contributed by atoms with E-state index in [1.54, 1.807) is 18.6 Å². The van der Waals surface area contributed by atoms with Gasteiger partial charge in [-0.3, -0.25) is 9.59 Å². The molecule has 3 N–H and O–H groups in total. The van der Waals surface area contributed by atoms with Crippen LogP contribution in [0.4, 0.5) is 0 Å². The van der Waals surface area contributed by atoms with Gasteiger partial charge < -0.3 is 15.6 Å². The van der Waals surface area contributed by atoms with Crippen molar-refractivity contribution in [3.63, 3.8) is 0 Å². The van der Waals surface area contributed by atoms with Gasteiger partial charge in [-0.05, 0) is 23.6 Å². The minimum absolute atomic E-state index is 0.00872. The van der Waals surface area contributed by atoms with E-state index in [0.717, 1.165) is 12.0 Å². The Bertz CT molecular complexity index is 667. The van der Waals surface area contributed by atoms with E-state index in [-0.39, 0.29) is 11.8 Å². The summed E-state index contributed by atoms with van der Waals surface area (Å²) in [5.41, 5.74) is 6.89. The molecule has 0 radical (unpaired) electrons. The van der Waals surface area contributed by atoms with Crippen molar-refractivity contribution in [2.45, 2.75) is 32.9 Å². The number of benzene rings is 1. The molecule has 0 aliphatic carbocycles. The topological polar surface area (TPSA) is 90.0 Å². The third kappa shape index (κ3) is 4.42. The van der Waals surface area contributed by atoms with Crippen LogP contribution in [0, 0.1) is 5.92 Å². The Balaban J connectivity index is 2.11. The molecule has 2 atom stereocenters. The van der Waals surface area contributed by atoms with Crippen LogP contribution < -0.4 is 11.1 Å². The molecule has 6 nitrogen and oxygen atoms in total. The van der Waals surface area contributed by atoms with E-state index in [0.29, 0.717) is 12.1 Å². The Hall–Kier alpha value is -2.63. The van der Waals surface area contributed by atoms with Crippen molar-refractivity contribution in [3.05, 3.63) is 54.1 Å². The van der Waals surface area contributed by atoms with Crippen LogP contribution in [0.25, 0.3) is 0 Å². The maximum absolute atomic E-state index is 12.4. The van der Waals surface area contributed by atoms with E-state index in [1.807, 2.05) is 42.8 Å². The lowest BCUT2D eigenvalue weighted by molar-refractivity contribution is -0.120. The lowest BCUT2D eigenvalue weighted by Gasteiger charge is -2.21. The summed E-state index contributed by atoms with van der Waals surface area (Å²) in [4.78, 5) is 27.9. The molecule has 2 rings (SSSR count). The van der Waals surface area contributed by atoms with Crippen LogP contribution in [0.1, 0.15) is 36.2 Å². The Morgan fingerprint density at radius 2 is 2.17 bits per heavy atom. The van der Waals surface area contributed by atoms with Crippen LogP contribution in [-0.2, 0) is 11.3 Å². The second kappa shape index (κ2) is 7.58. The molecule has 2 amide bonds. The number of nitrogens with one attached hydrogen (secondary N) is 1. The lowest BCUT2D eigenvalue weighted by Crippen LogP contribution is -2.48. The quantitative estimate of drug-likeness (QED) is 0.812. The number of nitrogens with zero attached hydrogens (tertiary/aromatic N) is 2. The number of carbonyl (C=O) groups excluding carboxylic acids is 2. The molecule has 6 heteroatoms. The maximum atomic E-state index is 12.4. The summed E-state index contributed by atoms with van der Waals surface area (Å²) in [6, 6.07) is 6.64. The van der Waals surface area contributed by atoms with Gasteiger partial charge in [0.25, 0.3) is 5.91 Å². The Labute approximate surface area is 135 Å². The van der Waals surface area contributed by atoms with Gasteiger partial charge in [-0.25, -0.2) is 4.98 Å². The van der Waals surface area contributed by atoms with Gasteiger partial charge in [0.15, 0.2) is 0 Å². The van der Waals surface area contributed by atoms with Gasteiger partial charge in [-0.2, -0.15) is 0 Å². The van der Waals surface area contributed by atoms with Crippen molar-refractivity contribution in [2.75, 3.05) is 0 Å². The highest BCUT2D eigenvalue weighted by molar-refractivity contribution is 5.97. The first kappa shape index (κ1) is 16.7. The Kier molecular flexibility index (Phi) is 5.51. The number of hydrogen-bond donors (Lipinski definition) is 2. The molecule has 0 saturated heterocycles. The fourth-order valence-electron chi connectivity index (χ4n) is 2.36. The smallest absolute Gasteiger partial charge is 0.251 e. The van der Waals surface area contributed by atoms with E-state index < -0.39 is 11.9 Å². The molecule has 0 aliphatic heterocycles. The number of carbonyl (C=O) groups is 2. The van der Waals surface area contributed by atoms with Gasteiger partial charge in [-0.1, -0.05) is 32.4 Å². The number of hydrogen-bond acceptors (Lipinski definition) is 3. The molecule has 0 spiro atoms. The zero-order chi connectivity index (χ0) is 16.8. The number of imidazole rings is 1. The average molecular weight is 314 g/mol. The standard InChI is InChI=1S/C17H22N4O2/c1-3-12(2)15(16(18)22)20-17(23)14-6-4-5-13(9-14)10-21-8-7-19-11-21/h4-9,11-12,15H,3,10H2,1-2H3,(H2,18,22)(H,20,23)/t12-,15-/m0/s1. The van der Waals surface area contributed by atoms with Gasteiger partial charge in [0, 0.05) is 24.5 Å². The molecule has 0 aliphatic rings. The van der Waals surface area contributed by atoms with Crippen LogP contribution in [0.2, 0.25) is 0 Å². The zero-order valence-corrected chi connectivity index (χ0v) is 13.4. The minimum atomic E-state index is -0.662. The first-order chi connectivity index (χ1) is 11.0. The summed E-state index contributed by atoms with van der Waals surface area (Å²) in [6.45, 7) is 4.48. The molecule has 0 fully saturated rings. The highest BCUT2D eigenvalue weighted by Crippen LogP contribution is 2.11. The van der Waals surface area contributed by atoms with Crippen LogP contribution >= 0.6 is 0 Å². The van der Waals surface area contributed by atoms with Crippen LogP contribution in [0.5, 0.6) is 0 Å². The summed E-state index contributed by atoms with van der Waals surface area (Å²) in [6.07, 6.45) is 6.05. The second-order valence-electron chi connectivity index (χ2n) is 5.67. The largest absolute Gasteiger partial charge is 0.368 e. The summed E-state index contributed by atoms with van der Waals surface area (Å²) in [5.74, 6) is -0.811. The van der Waals surface area contributed by atoms with Gasteiger partial charge in [0.1, 0.15) is 6.04 Å². The molecule has 122 valence electrons. The van der Waals surface area contributed by atoms with E-state index in [9.17, 15) is 9.59 Å². The summed E-state index contributed by atoms with van der Waals surface area (Å²) in [5, 5.41) is 2.74. The fraction of sp³-hybridized carbons (Fsp3) is 0.353. The van der Waals surface area contributed by atoms with Crippen molar-refractivity contribution in [1.82, 2.24) is 14.9 Å². The molecule has 2 aromatic rings. The number of nitrogens with two attached hydrogens (primary N) is 1. The van der Waals surface area contributed by atoms with E-state index in [4.69, 9.17) is 5.73 Å². The highest BCUT2D eigenvalue weighted by atomic mass is 16.2. The molecule has 23 heavy (non-hydrogen) atoms. The predicted octanol–water partition coefficient (Wildman–Crippen LogP) is 1.56. The molecule has 0 saturated carbocycles. The number of aromatic nitrogens is 2. The Morgan fingerprint density at radius 3 is 2.78 bits per heavy atom. The van der Waals surface area contributed by atoms with E-state index >= 15 is 0 Å². The third-order valence-corrected chi connectivity index (χ3v) is 3.92.